The van der Waals surface area contributed by atoms with Gasteiger partial charge in [-0.3, -0.25) is 14.4 Å². The molecule has 3 aromatic carbocycles. The summed E-state index contributed by atoms with van der Waals surface area (Å²) in [6, 6.07) is 17.2. The molecule has 0 N–H and O–H groups in total. The van der Waals surface area contributed by atoms with Crippen molar-refractivity contribution in [3.8, 4) is 11.5 Å². The van der Waals surface area contributed by atoms with Crippen molar-refractivity contribution in [3.63, 3.8) is 0 Å². The summed E-state index contributed by atoms with van der Waals surface area (Å²) in [6.45, 7) is -0.483. The highest BCUT2D eigenvalue weighted by molar-refractivity contribution is 6.35. The first-order valence-corrected chi connectivity index (χ1v) is 9.95. The molecular formula is C25H19NO7. The Labute approximate surface area is 189 Å². The van der Waals surface area contributed by atoms with E-state index in [1.165, 1.54) is 32.4 Å². The Morgan fingerprint density at radius 3 is 2.30 bits per heavy atom. The first kappa shape index (κ1) is 21.8. The monoisotopic (exact) mass is 445 g/mol. The highest BCUT2D eigenvalue weighted by Crippen LogP contribution is 2.35. The predicted octanol–water partition coefficient (Wildman–Crippen LogP) is 3.54. The van der Waals surface area contributed by atoms with E-state index < -0.39 is 30.2 Å². The summed E-state index contributed by atoms with van der Waals surface area (Å²) in [7, 11) is 2.93. The van der Waals surface area contributed by atoms with E-state index in [1.807, 2.05) is 0 Å². The zero-order valence-corrected chi connectivity index (χ0v) is 17.9. The predicted molar refractivity (Wildman–Crippen MR) is 118 cm³/mol. The Hall–Kier alpha value is -4.46. The average molecular weight is 445 g/mol. The Bertz CT molecular complexity index is 1280. The Kier molecular flexibility index (Phi) is 5.91. The fourth-order valence-corrected chi connectivity index (χ4v) is 3.50. The van der Waals surface area contributed by atoms with Crippen molar-refractivity contribution >= 4 is 29.3 Å². The smallest absolute Gasteiger partial charge is 0.338 e. The van der Waals surface area contributed by atoms with Crippen LogP contribution in [0.1, 0.15) is 41.4 Å². The van der Waals surface area contributed by atoms with E-state index >= 15 is 0 Å². The number of ketones is 1. The van der Waals surface area contributed by atoms with Gasteiger partial charge in [-0.1, -0.05) is 24.3 Å². The lowest BCUT2D eigenvalue weighted by Gasteiger charge is -2.16. The van der Waals surface area contributed by atoms with Crippen LogP contribution in [0.5, 0.6) is 11.5 Å². The zero-order valence-electron chi connectivity index (χ0n) is 17.9. The van der Waals surface area contributed by atoms with E-state index in [2.05, 4.69) is 0 Å². The van der Waals surface area contributed by atoms with Crippen LogP contribution in [-0.2, 0) is 4.74 Å². The third kappa shape index (κ3) is 4.06. The molecule has 4 rings (SSSR count). The molecule has 166 valence electrons. The molecule has 8 nitrogen and oxygen atoms in total. The molecule has 0 fully saturated rings. The molecule has 8 heteroatoms. The van der Waals surface area contributed by atoms with Crippen molar-refractivity contribution in [1.29, 1.82) is 0 Å². The minimum atomic E-state index is -0.787. The molecule has 1 aliphatic rings. The first-order chi connectivity index (χ1) is 15.9. The van der Waals surface area contributed by atoms with Gasteiger partial charge in [-0.05, 0) is 42.5 Å². The number of nitrogens with zero attached hydrogens (tertiary/aromatic N) is 1. The second-order valence-electron chi connectivity index (χ2n) is 7.11. The van der Waals surface area contributed by atoms with Gasteiger partial charge in [-0.15, -0.1) is 0 Å². The van der Waals surface area contributed by atoms with Crippen LogP contribution in [0.2, 0.25) is 0 Å². The number of hydrogen-bond acceptors (Lipinski definition) is 7. The molecule has 2 amide bonds. The number of hydrogen-bond donors (Lipinski definition) is 0. The lowest BCUT2D eigenvalue weighted by atomic mass is 10.1. The highest BCUT2D eigenvalue weighted by atomic mass is 16.5. The van der Waals surface area contributed by atoms with Gasteiger partial charge >= 0.3 is 5.97 Å². The van der Waals surface area contributed by atoms with Crippen LogP contribution >= 0.6 is 0 Å². The van der Waals surface area contributed by atoms with E-state index in [1.54, 1.807) is 48.5 Å². The van der Waals surface area contributed by atoms with Crippen molar-refractivity contribution in [2.24, 2.45) is 0 Å². The van der Waals surface area contributed by atoms with Crippen molar-refractivity contribution in [2.45, 2.75) is 0 Å². The molecule has 0 bridgehead atoms. The normalized spacial score (nSPS) is 12.4. The van der Waals surface area contributed by atoms with E-state index in [0.717, 1.165) is 4.90 Å². The van der Waals surface area contributed by atoms with Crippen LogP contribution in [-0.4, -0.2) is 44.4 Å². The Balaban J connectivity index is 1.52. The maximum Gasteiger partial charge on any atom is 0.338 e. The van der Waals surface area contributed by atoms with Crippen molar-refractivity contribution in [2.75, 3.05) is 25.7 Å². The molecule has 0 spiro atoms. The third-order valence-corrected chi connectivity index (χ3v) is 5.17. The lowest BCUT2D eigenvalue weighted by molar-refractivity contribution is 0.0474. The fraction of sp³-hybridized carbons (Fsp3) is 0.120. The third-order valence-electron chi connectivity index (χ3n) is 5.17. The van der Waals surface area contributed by atoms with Gasteiger partial charge in [0, 0.05) is 5.56 Å². The summed E-state index contributed by atoms with van der Waals surface area (Å²) in [5.41, 5.74) is 0.924. The van der Waals surface area contributed by atoms with Gasteiger partial charge in [0.2, 0.25) is 0 Å². The number of amides is 2. The molecule has 1 aliphatic heterocycles. The van der Waals surface area contributed by atoms with Crippen LogP contribution in [0.15, 0.2) is 66.7 Å². The van der Waals surface area contributed by atoms with Crippen LogP contribution in [0.3, 0.4) is 0 Å². The van der Waals surface area contributed by atoms with Crippen LogP contribution in [0.25, 0.3) is 0 Å². The maximum atomic E-state index is 13.0. The van der Waals surface area contributed by atoms with Crippen LogP contribution in [0.4, 0.5) is 5.69 Å². The highest BCUT2D eigenvalue weighted by Gasteiger charge is 2.38. The van der Waals surface area contributed by atoms with Crippen LogP contribution in [0, 0.1) is 0 Å². The maximum absolute atomic E-state index is 13.0. The van der Waals surface area contributed by atoms with Gasteiger partial charge in [-0.2, -0.15) is 0 Å². The molecule has 3 aromatic rings. The number of benzene rings is 3. The van der Waals surface area contributed by atoms with Crippen molar-refractivity contribution in [3.05, 3.63) is 89.0 Å². The Morgan fingerprint density at radius 2 is 1.55 bits per heavy atom. The Morgan fingerprint density at radius 1 is 0.788 bits per heavy atom. The largest absolute Gasteiger partial charge is 0.497 e. The molecule has 0 radical (unpaired) electrons. The summed E-state index contributed by atoms with van der Waals surface area (Å²) >= 11 is 0. The number of anilines is 1. The molecule has 1 heterocycles. The molecule has 0 saturated heterocycles. The molecule has 0 aliphatic carbocycles. The number of esters is 1. The summed E-state index contributed by atoms with van der Waals surface area (Å²) in [6.07, 6.45) is 0. The number of carbonyl (C=O) groups is 4. The van der Waals surface area contributed by atoms with Crippen LogP contribution < -0.4 is 14.4 Å². The van der Waals surface area contributed by atoms with Crippen molar-refractivity contribution in [1.82, 2.24) is 0 Å². The minimum Gasteiger partial charge on any atom is -0.497 e. The molecule has 0 atom stereocenters. The standard InChI is InChI=1S/C25H19NO7/c1-31-17-7-5-6-15(12-17)21(27)14-33-25(30)16-10-11-18-19(13-16)24(29)26(23(18)28)20-8-3-4-9-22(20)32-2/h3-13H,14H2,1-2H3. The van der Waals surface area contributed by atoms with E-state index in [4.69, 9.17) is 14.2 Å². The molecule has 33 heavy (non-hydrogen) atoms. The van der Waals surface area contributed by atoms with Gasteiger partial charge < -0.3 is 14.2 Å². The van der Waals surface area contributed by atoms with Gasteiger partial charge in [0.25, 0.3) is 11.8 Å². The van der Waals surface area contributed by atoms with Gasteiger partial charge in [-0.25, -0.2) is 9.69 Å². The fourth-order valence-electron chi connectivity index (χ4n) is 3.50. The number of rotatable bonds is 7. The minimum absolute atomic E-state index is 0.0511. The number of Topliss-reactive ketones (excluding diaryl/α,β-unsaturated/α-hetero) is 1. The molecule has 0 saturated carbocycles. The number of methoxy groups -OCH3 is 2. The van der Waals surface area contributed by atoms with E-state index in [0.29, 0.717) is 22.7 Å². The number of ether oxygens (including phenoxy) is 3. The SMILES string of the molecule is COc1cccc(C(=O)COC(=O)c2ccc3c(c2)C(=O)N(c2ccccc2OC)C3=O)c1. The van der Waals surface area contributed by atoms with Gasteiger partial charge in [0.1, 0.15) is 11.5 Å². The topological polar surface area (TPSA) is 99.2 Å². The number of carbonyl (C=O) groups excluding carboxylic acids is 4. The second kappa shape index (κ2) is 8.96. The summed E-state index contributed by atoms with van der Waals surface area (Å²) in [5, 5.41) is 0. The summed E-state index contributed by atoms with van der Waals surface area (Å²) in [5.74, 6) is -1.42. The summed E-state index contributed by atoms with van der Waals surface area (Å²) < 4.78 is 15.5. The number of fused-ring (bicyclic) bond motifs is 1. The van der Waals surface area contributed by atoms with E-state index in [9.17, 15) is 19.2 Å². The number of imide groups is 1. The van der Waals surface area contributed by atoms with Gasteiger partial charge in [0.15, 0.2) is 12.4 Å². The number of para-hydroxylation sites is 2. The average Bonchev–Trinajstić information content (AvgIpc) is 3.11. The van der Waals surface area contributed by atoms with Gasteiger partial charge in [0.05, 0.1) is 36.6 Å². The zero-order chi connectivity index (χ0) is 23.5. The second-order valence-corrected chi connectivity index (χ2v) is 7.11. The molecular weight excluding hydrogens is 426 g/mol. The van der Waals surface area contributed by atoms with E-state index in [-0.39, 0.29) is 16.7 Å². The van der Waals surface area contributed by atoms with Crippen molar-refractivity contribution < 1.29 is 33.4 Å². The summed E-state index contributed by atoms with van der Waals surface area (Å²) in [4.78, 5) is 51.7. The first-order valence-electron chi connectivity index (χ1n) is 9.95. The quantitative estimate of drug-likeness (QED) is 0.312. The molecule has 0 unspecified atom stereocenters. The lowest BCUT2D eigenvalue weighted by Crippen LogP contribution is -2.29. The molecule has 0 aromatic heterocycles.